The number of aliphatic hydroxyl groups excluding tert-OH is 5. The topological polar surface area (TPSA) is 283 Å². The Morgan fingerprint density at radius 1 is 1.02 bits per heavy atom. The SMILES string of the molecule is COCCOCCC(=O)N1CCCC1C(=O)N[C@@H](CC(C)C)C(=O)C[C@@H](Cc1cnc[nH]1)C(=O)N[C@@H](CO)C(=O)CCCO/N=C/C(O)C(O)C(O)CO. The molecule has 0 saturated carbocycles. The van der Waals surface area contributed by atoms with Crippen molar-refractivity contribution in [1.82, 2.24) is 25.5 Å². The van der Waals surface area contributed by atoms with Crippen LogP contribution in [0.25, 0.3) is 0 Å². The molecule has 1 aliphatic heterocycles. The number of ether oxygens (including phenoxy) is 2. The number of aliphatic hydroxyl groups is 5. The minimum atomic E-state index is -1.69. The molecule has 1 aliphatic rings. The molecule has 4 unspecified atom stereocenters. The molecule has 0 aromatic carbocycles. The molecule has 0 bridgehead atoms. The lowest BCUT2D eigenvalue weighted by molar-refractivity contribution is -0.140. The number of carbonyl (C=O) groups excluding carboxylic acids is 5. The fourth-order valence-corrected chi connectivity index (χ4v) is 5.78. The second-order valence-corrected chi connectivity index (χ2v) is 13.6. The Morgan fingerprint density at radius 3 is 2.43 bits per heavy atom. The number of H-pyrrole nitrogens is 1. The molecule has 1 aromatic rings. The number of hydrogen-bond donors (Lipinski definition) is 8. The van der Waals surface area contributed by atoms with Crippen LogP contribution in [0.1, 0.15) is 64.5 Å². The molecule has 19 nitrogen and oxygen atoms in total. The first-order valence-electron chi connectivity index (χ1n) is 18.2. The number of ketones is 2. The zero-order valence-electron chi connectivity index (χ0n) is 31.3. The van der Waals surface area contributed by atoms with E-state index >= 15 is 0 Å². The highest BCUT2D eigenvalue weighted by atomic mass is 16.6. The van der Waals surface area contributed by atoms with Gasteiger partial charge in [-0.3, -0.25) is 24.0 Å². The second kappa shape index (κ2) is 25.3. The molecular formula is C35H58N6O13. The van der Waals surface area contributed by atoms with E-state index in [9.17, 15) is 44.4 Å². The molecule has 1 aromatic heterocycles. The highest BCUT2D eigenvalue weighted by Gasteiger charge is 2.37. The molecule has 0 spiro atoms. The van der Waals surface area contributed by atoms with Gasteiger partial charge in [0.25, 0.3) is 0 Å². The number of nitrogens with zero attached hydrogens (tertiary/aromatic N) is 3. The molecule has 19 heteroatoms. The summed E-state index contributed by atoms with van der Waals surface area (Å²) in [6.45, 7) is 3.53. The average Bonchev–Trinajstić information content (AvgIpc) is 3.86. The summed E-state index contributed by atoms with van der Waals surface area (Å²) in [6, 6.07) is -2.99. The predicted octanol–water partition coefficient (Wildman–Crippen LogP) is -1.99. The summed E-state index contributed by atoms with van der Waals surface area (Å²) in [5.74, 6) is -3.29. The van der Waals surface area contributed by atoms with Crippen molar-refractivity contribution in [2.45, 2.75) is 102 Å². The van der Waals surface area contributed by atoms with Crippen molar-refractivity contribution in [2.24, 2.45) is 17.0 Å². The number of hydrogen-bond acceptors (Lipinski definition) is 15. The van der Waals surface area contributed by atoms with E-state index < -0.39 is 78.9 Å². The first-order chi connectivity index (χ1) is 25.8. The molecular weight excluding hydrogens is 712 g/mol. The third-order valence-corrected chi connectivity index (χ3v) is 8.79. The monoisotopic (exact) mass is 770 g/mol. The van der Waals surface area contributed by atoms with Gasteiger partial charge in [0.2, 0.25) is 17.7 Å². The lowest BCUT2D eigenvalue weighted by atomic mass is 9.90. The van der Waals surface area contributed by atoms with Gasteiger partial charge in [-0.05, 0) is 31.6 Å². The van der Waals surface area contributed by atoms with Crippen molar-refractivity contribution >= 4 is 35.5 Å². The molecule has 0 radical (unpaired) electrons. The molecule has 1 saturated heterocycles. The third kappa shape index (κ3) is 16.3. The Morgan fingerprint density at radius 2 is 1.78 bits per heavy atom. The largest absolute Gasteiger partial charge is 0.396 e. The number of amides is 3. The van der Waals surface area contributed by atoms with E-state index in [-0.39, 0.29) is 63.6 Å². The first kappa shape index (κ1) is 46.3. The van der Waals surface area contributed by atoms with E-state index in [2.05, 4.69) is 25.8 Å². The van der Waals surface area contributed by atoms with Crippen LogP contribution in [0.3, 0.4) is 0 Å². The Hall–Kier alpha value is -3.85. The van der Waals surface area contributed by atoms with Crippen molar-refractivity contribution < 1.29 is 63.8 Å². The zero-order chi connectivity index (χ0) is 40.0. The molecule has 306 valence electrons. The van der Waals surface area contributed by atoms with E-state index in [4.69, 9.17) is 19.4 Å². The highest BCUT2D eigenvalue weighted by molar-refractivity contribution is 5.96. The van der Waals surface area contributed by atoms with Gasteiger partial charge in [0.05, 0.1) is 64.0 Å². The van der Waals surface area contributed by atoms with E-state index in [1.165, 1.54) is 17.4 Å². The van der Waals surface area contributed by atoms with Gasteiger partial charge in [0.1, 0.15) is 37.0 Å². The fraction of sp³-hybridized carbons (Fsp3) is 0.743. The van der Waals surface area contributed by atoms with Gasteiger partial charge >= 0.3 is 0 Å². The maximum atomic E-state index is 13.8. The number of aromatic nitrogens is 2. The summed E-state index contributed by atoms with van der Waals surface area (Å²) in [5.41, 5.74) is 0.548. The summed E-state index contributed by atoms with van der Waals surface area (Å²) in [7, 11) is 1.55. The number of carbonyl (C=O) groups is 5. The lowest BCUT2D eigenvalue weighted by Gasteiger charge is -2.28. The maximum absolute atomic E-state index is 13.8. The first-order valence-corrected chi connectivity index (χ1v) is 18.2. The molecule has 0 aliphatic carbocycles. The van der Waals surface area contributed by atoms with Crippen molar-refractivity contribution in [3.05, 3.63) is 18.2 Å². The van der Waals surface area contributed by atoms with Crippen LogP contribution >= 0.6 is 0 Å². The number of likely N-dealkylation sites (tertiary alicyclic amines) is 1. The zero-order valence-corrected chi connectivity index (χ0v) is 31.3. The highest BCUT2D eigenvalue weighted by Crippen LogP contribution is 2.21. The van der Waals surface area contributed by atoms with Gasteiger partial charge in [-0.15, -0.1) is 0 Å². The van der Waals surface area contributed by atoms with E-state index in [0.717, 1.165) is 6.21 Å². The number of imidazole rings is 1. The fourth-order valence-electron chi connectivity index (χ4n) is 5.78. The van der Waals surface area contributed by atoms with E-state index in [1.807, 2.05) is 13.8 Å². The van der Waals surface area contributed by atoms with Crippen LogP contribution in [0.2, 0.25) is 0 Å². The summed E-state index contributed by atoms with van der Waals surface area (Å²) in [5, 5.41) is 56.3. The van der Waals surface area contributed by atoms with Gasteiger partial charge in [-0.25, -0.2) is 4.98 Å². The number of methoxy groups -OCH3 is 1. The molecule has 54 heavy (non-hydrogen) atoms. The Labute approximate surface area is 314 Å². The van der Waals surface area contributed by atoms with Crippen LogP contribution in [0.4, 0.5) is 0 Å². The molecule has 8 N–H and O–H groups in total. The third-order valence-electron chi connectivity index (χ3n) is 8.79. The summed E-state index contributed by atoms with van der Waals surface area (Å²) in [4.78, 5) is 80.1. The Balaban J connectivity index is 2.04. The number of Topliss-reactive ketones (excluding diaryl/α,β-unsaturated/α-hetero) is 2. The van der Waals surface area contributed by atoms with Crippen LogP contribution in [0.15, 0.2) is 17.7 Å². The van der Waals surface area contributed by atoms with Gasteiger partial charge in [0, 0.05) is 44.8 Å². The quantitative estimate of drug-likeness (QED) is 0.0260. The number of oxime groups is 1. The Kier molecular flexibility index (Phi) is 21.7. The normalized spacial score (nSPS) is 17.9. The molecule has 3 amide bonds. The number of aromatic amines is 1. The molecule has 1 fully saturated rings. The van der Waals surface area contributed by atoms with Gasteiger partial charge < -0.3 is 60.4 Å². The van der Waals surface area contributed by atoms with E-state index in [1.54, 1.807) is 7.11 Å². The molecule has 2 rings (SSSR count). The second-order valence-electron chi connectivity index (χ2n) is 13.6. The van der Waals surface area contributed by atoms with Crippen LogP contribution < -0.4 is 10.6 Å². The van der Waals surface area contributed by atoms with Crippen LogP contribution in [-0.4, -0.2) is 166 Å². The van der Waals surface area contributed by atoms with Gasteiger partial charge in [-0.2, -0.15) is 0 Å². The standard InChI is InChI=1S/C35H58N6O13/c1-22(2)14-25(39-35(51)27-6-4-9-41(27)32(48)8-11-53-13-12-52-3)29(45)16-23(15-24-17-36-21-37-24)34(50)40-26(19-42)28(44)7-5-10-54-38-18-30(46)33(49)31(47)20-43/h17-18,21-23,25-27,30-31,33,42-43,46-47,49H,4-16,19-20H2,1-3H3,(H,36,37)(H,39,51)(H,40,50)/b38-18+/t23-,25+,26+,27?,30?,31?,33?/m1/s1. The number of rotatable bonds is 28. The summed E-state index contributed by atoms with van der Waals surface area (Å²) < 4.78 is 10.3. The van der Waals surface area contributed by atoms with Gasteiger partial charge in [0.15, 0.2) is 11.6 Å². The van der Waals surface area contributed by atoms with Crippen molar-refractivity contribution in [2.75, 3.05) is 53.3 Å². The molecule has 7 atom stereocenters. The summed E-state index contributed by atoms with van der Waals surface area (Å²) in [6.07, 6.45) is 0.0174. The molecule has 2 heterocycles. The van der Waals surface area contributed by atoms with Crippen LogP contribution in [0, 0.1) is 11.8 Å². The smallest absolute Gasteiger partial charge is 0.243 e. The minimum absolute atomic E-state index is 0.00780. The average molecular weight is 771 g/mol. The number of nitrogens with one attached hydrogen (secondary N) is 3. The lowest BCUT2D eigenvalue weighted by Crippen LogP contribution is -2.52. The van der Waals surface area contributed by atoms with Crippen molar-refractivity contribution in [3.8, 4) is 0 Å². The van der Waals surface area contributed by atoms with Crippen molar-refractivity contribution in [1.29, 1.82) is 0 Å². The van der Waals surface area contributed by atoms with Crippen LogP contribution in [0.5, 0.6) is 0 Å². The predicted molar refractivity (Wildman–Crippen MR) is 192 cm³/mol. The van der Waals surface area contributed by atoms with Crippen LogP contribution in [-0.2, 0) is 44.7 Å². The minimum Gasteiger partial charge on any atom is -0.396 e. The van der Waals surface area contributed by atoms with Crippen molar-refractivity contribution in [3.63, 3.8) is 0 Å². The van der Waals surface area contributed by atoms with E-state index in [0.29, 0.717) is 38.3 Å². The maximum Gasteiger partial charge on any atom is 0.243 e. The summed E-state index contributed by atoms with van der Waals surface area (Å²) >= 11 is 0. The Bertz CT molecular complexity index is 1310. The van der Waals surface area contributed by atoms with Gasteiger partial charge in [-0.1, -0.05) is 19.0 Å².